The molecule has 362 valence electrons. The number of unbranched alkanes of at least 4 members (excludes halogenated alkanes) is 5. The van der Waals surface area contributed by atoms with Gasteiger partial charge >= 0.3 is 35.2 Å². The Morgan fingerprint density at radius 1 is 0.812 bits per heavy atom. The van der Waals surface area contributed by atoms with E-state index in [1.165, 1.54) is 12.2 Å². The summed E-state index contributed by atoms with van der Waals surface area (Å²) in [4.78, 5) is 111. The predicted octanol–water partition coefficient (Wildman–Crippen LogP) is -0.292. The number of aliphatic hydroxyl groups is 2. The number of carbonyl (C=O) groups is 4. The summed E-state index contributed by atoms with van der Waals surface area (Å²) in [5.41, 5.74) is -2.09. The molecule has 3 unspecified atom stereocenters. The molecular weight excluding hydrogens is 935 g/mol. The molecule has 30 heteroatoms. The Morgan fingerprint density at radius 2 is 1.42 bits per heavy atom. The first-order valence-electron chi connectivity index (χ1n) is 20.4. The molecule has 9 atom stereocenters. The largest absolute Gasteiger partial charge is 0.490 e. The fraction of sp³-hybridized carbons (Fsp3) is 0.706. The summed E-state index contributed by atoms with van der Waals surface area (Å²) < 4.78 is 52.0. The third-order valence-corrected chi connectivity index (χ3v) is 15.3. The summed E-state index contributed by atoms with van der Waals surface area (Å²) in [6.07, 6.45) is 4.34. The number of hydrogen-bond donors (Lipinski definition) is 12. The zero-order valence-electron chi connectivity index (χ0n) is 34.5. The van der Waals surface area contributed by atoms with E-state index >= 15 is 0 Å². The third-order valence-electron chi connectivity index (χ3n) is 10.0. The number of ether oxygens (including phenoxy) is 1. The van der Waals surface area contributed by atoms with Crippen molar-refractivity contribution in [1.29, 1.82) is 0 Å². The molecule has 0 saturated carbocycles. The zero-order valence-corrected chi connectivity index (χ0v) is 38.0. The molecule has 0 aromatic carbocycles. The second-order valence-corrected chi connectivity index (χ2v) is 20.8. The van der Waals surface area contributed by atoms with E-state index in [9.17, 15) is 62.5 Å². The standard InChI is InChI=1S/C34H56N7O19P3S/c42-25(12-3-1-8-16-36-27(44)14-6-5-11-24-28-22(20-64-24)38-33(48)39-28)35-15-7-2-4-13-26(43)37-17-9-10-21-18-41(34(49)40-31(21)47)32-30(46)29(45)23(58-32)19-57-62(53,54)60-63(55,56)59-61(50,51)52/h9-10,18,22-24,28-30,32,45-46H,1-8,11-17,19-20H2,(H,35,42)(H,36,44)(H,37,43)(H,53,54)(H,55,56)(H2,38,39,48)(H,40,47,49)(H2,50,51,52)/t22-,23-,24-,28-,29?,30+,32-/m1/s1. The SMILES string of the molecule is O=C(CCCCCNC(=O)CCCCCNC(=O)CCCC[C@H]1SC[C@H]2NC(=O)N[C@H]21)NCC=Cc1cn([C@@H]2O[C@H](COP(=O)(O)OP(=O)(O)OP(=O)(O)O)C(O)[C@@H]2O)c(=O)[nH]c1=O. The summed E-state index contributed by atoms with van der Waals surface area (Å²) in [7, 11) is -17.1. The van der Waals surface area contributed by atoms with E-state index in [0.29, 0.717) is 61.4 Å². The van der Waals surface area contributed by atoms with Crippen LogP contribution < -0.4 is 37.8 Å². The van der Waals surface area contributed by atoms with Crippen LogP contribution in [-0.4, -0.2) is 131 Å². The van der Waals surface area contributed by atoms with Gasteiger partial charge in [-0.25, -0.2) is 23.3 Å². The molecular formula is C34H56N7O19P3S. The number of H-pyrrole nitrogens is 1. The highest BCUT2D eigenvalue weighted by Gasteiger charge is 2.47. The van der Waals surface area contributed by atoms with Crippen molar-refractivity contribution in [2.24, 2.45) is 0 Å². The van der Waals surface area contributed by atoms with Crippen molar-refractivity contribution < 1.29 is 80.5 Å². The van der Waals surface area contributed by atoms with E-state index in [1.807, 2.05) is 16.7 Å². The lowest BCUT2D eigenvalue weighted by Gasteiger charge is -2.19. The summed E-state index contributed by atoms with van der Waals surface area (Å²) in [6, 6.07) is 0.274. The van der Waals surface area contributed by atoms with Crippen LogP contribution in [0.5, 0.6) is 0 Å². The Balaban J connectivity index is 1.03. The molecule has 3 aliphatic rings. The minimum atomic E-state index is -5.83. The van der Waals surface area contributed by atoms with Gasteiger partial charge < -0.3 is 61.1 Å². The first kappa shape index (κ1) is 53.4. The Labute approximate surface area is 370 Å². The van der Waals surface area contributed by atoms with Crippen LogP contribution in [0.3, 0.4) is 0 Å². The summed E-state index contributed by atoms with van der Waals surface area (Å²) in [5, 5.41) is 35.6. The second kappa shape index (κ2) is 25.0. The van der Waals surface area contributed by atoms with Gasteiger partial charge in [-0.15, -0.1) is 0 Å². The maximum Gasteiger partial charge on any atom is 0.490 e. The average Bonchev–Trinajstić information content (AvgIpc) is 3.84. The van der Waals surface area contributed by atoms with Crippen LogP contribution in [0.4, 0.5) is 4.79 Å². The van der Waals surface area contributed by atoms with Gasteiger partial charge in [0.2, 0.25) is 17.7 Å². The number of phosphoric ester groups is 1. The monoisotopic (exact) mass is 991 g/mol. The minimum absolute atomic E-state index is 0.00768. The number of amides is 5. The van der Waals surface area contributed by atoms with Crippen LogP contribution in [0.25, 0.3) is 6.08 Å². The summed E-state index contributed by atoms with van der Waals surface area (Å²) >= 11 is 1.86. The molecule has 3 aliphatic heterocycles. The lowest BCUT2D eigenvalue weighted by molar-refractivity contribution is -0.122. The lowest BCUT2D eigenvalue weighted by Crippen LogP contribution is -2.38. The van der Waals surface area contributed by atoms with Gasteiger partial charge in [0.1, 0.15) is 18.3 Å². The van der Waals surface area contributed by atoms with Crippen LogP contribution in [0.15, 0.2) is 21.9 Å². The number of nitrogens with one attached hydrogen (secondary N) is 6. The number of urea groups is 1. The molecule has 0 radical (unpaired) electrons. The van der Waals surface area contributed by atoms with Crippen molar-refractivity contribution >= 4 is 65.1 Å². The molecule has 64 heavy (non-hydrogen) atoms. The summed E-state index contributed by atoms with van der Waals surface area (Å²) in [5.74, 6) is 0.589. The molecule has 12 N–H and O–H groups in total. The molecule has 4 heterocycles. The Hall–Kier alpha value is -3.26. The average molecular weight is 992 g/mol. The van der Waals surface area contributed by atoms with Crippen LogP contribution in [0.1, 0.15) is 88.8 Å². The maximum atomic E-state index is 12.6. The number of thioether (sulfide) groups is 1. The van der Waals surface area contributed by atoms with E-state index in [-0.39, 0.29) is 54.4 Å². The Bertz CT molecular complexity index is 2070. The van der Waals surface area contributed by atoms with Gasteiger partial charge in [-0.3, -0.25) is 33.3 Å². The minimum Gasteiger partial charge on any atom is -0.387 e. The van der Waals surface area contributed by atoms with Gasteiger partial charge in [0.25, 0.3) is 5.56 Å². The maximum absolute atomic E-state index is 12.6. The van der Waals surface area contributed by atoms with Crippen LogP contribution >= 0.6 is 35.2 Å². The molecule has 26 nitrogen and oxygen atoms in total. The molecule has 4 rings (SSSR count). The summed E-state index contributed by atoms with van der Waals surface area (Å²) in [6.45, 7) is -0.110. The van der Waals surface area contributed by atoms with Gasteiger partial charge in [0.05, 0.1) is 24.3 Å². The number of aliphatic hydroxyl groups excluding tert-OH is 2. The second-order valence-electron chi connectivity index (χ2n) is 15.1. The molecule has 3 fully saturated rings. The topological polar surface area (TPSA) is 393 Å². The number of aromatic nitrogens is 2. The number of phosphoric acid groups is 3. The number of nitrogens with zero attached hydrogens (tertiary/aromatic N) is 1. The molecule has 3 saturated heterocycles. The molecule has 5 amide bonds. The van der Waals surface area contributed by atoms with E-state index in [4.69, 9.17) is 14.5 Å². The molecule has 0 bridgehead atoms. The number of aromatic amines is 1. The van der Waals surface area contributed by atoms with Crippen molar-refractivity contribution in [3.8, 4) is 0 Å². The van der Waals surface area contributed by atoms with E-state index in [2.05, 4.69) is 39.7 Å². The van der Waals surface area contributed by atoms with Crippen molar-refractivity contribution in [1.82, 2.24) is 36.1 Å². The van der Waals surface area contributed by atoms with E-state index < -0.39 is 65.9 Å². The lowest BCUT2D eigenvalue weighted by atomic mass is 10.0. The van der Waals surface area contributed by atoms with Crippen molar-refractivity contribution in [3.63, 3.8) is 0 Å². The smallest absolute Gasteiger partial charge is 0.387 e. The fourth-order valence-corrected chi connectivity index (χ4v) is 11.5. The van der Waals surface area contributed by atoms with Crippen LogP contribution in [0, 0.1) is 0 Å². The molecule has 0 spiro atoms. The van der Waals surface area contributed by atoms with E-state index in [0.717, 1.165) is 44.1 Å². The van der Waals surface area contributed by atoms with Gasteiger partial charge in [-0.1, -0.05) is 31.4 Å². The normalized spacial score (nSPS) is 25.0. The zero-order chi connectivity index (χ0) is 47.1. The molecule has 1 aromatic heterocycles. The highest BCUT2D eigenvalue weighted by Crippen LogP contribution is 2.66. The number of rotatable bonds is 28. The quantitative estimate of drug-likeness (QED) is 0.0291. The highest BCUT2D eigenvalue weighted by molar-refractivity contribution is 8.00. The van der Waals surface area contributed by atoms with Gasteiger partial charge in [-0.2, -0.15) is 20.4 Å². The first-order valence-corrected chi connectivity index (χ1v) is 26.0. The van der Waals surface area contributed by atoms with Gasteiger partial charge in [0, 0.05) is 56.1 Å². The highest BCUT2D eigenvalue weighted by atomic mass is 32.2. The van der Waals surface area contributed by atoms with Crippen molar-refractivity contribution in [2.45, 2.75) is 119 Å². The van der Waals surface area contributed by atoms with E-state index in [1.54, 1.807) is 0 Å². The third kappa shape index (κ3) is 18.2. The first-order chi connectivity index (χ1) is 30.1. The van der Waals surface area contributed by atoms with Crippen LogP contribution in [0.2, 0.25) is 0 Å². The van der Waals surface area contributed by atoms with Crippen LogP contribution in [-0.2, 0) is 46.0 Å². The van der Waals surface area contributed by atoms with Crippen molar-refractivity contribution in [2.75, 3.05) is 32.0 Å². The number of hydrogen-bond acceptors (Lipinski definition) is 16. The molecule has 0 aliphatic carbocycles. The predicted molar refractivity (Wildman–Crippen MR) is 226 cm³/mol. The van der Waals surface area contributed by atoms with Gasteiger partial charge in [0.15, 0.2) is 6.23 Å². The fourth-order valence-electron chi connectivity index (χ4n) is 6.90. The Morgan fingerprint density at radius 3 is 2.05 bits per heavy atom. The van der Waals surface area contributed by atoms with Gasteiger partial charge in [-0.05, 0) is 38.5 Å². The molecule has 1 aromatic rings. The number of carbonyl (C=O) groups excluding carboxylic acids is 4. The van der Waals surface area contributed by atoms with Crippen molar-refractivity contribution in [3.05, 3.63) is 38.7 Å². The Kier molecular flexibility index (Phi) is 20.9. The number of fused-ring (bicyclic) bond motifs is 1.